The van der Waals surface area contributed by atoms with E-state index in [9.17, 15) is 14.9 Å². The van der Waals surface area contributed by atoms with Gasteiger partial charge in [0.25, 0.3) is 5.69 Å². The third-order valence-electron chi connectivity index (χ3n) is 1.64. The third-order valence-corrected chi connectivity index (χ3v) is 1.64. The highest BCUT2D eigenvalue weighted by atomic mass is 16.6. The number of carbonyl (C=O) groups is 1. The zero-order chi connectivity index (χ0) is 11.3. The molecule has 1 rings (SSSR count). The molecule has 0 fully saturated rings. The van der Waals surface area contributed by atoms with Crippen molar-refractivity contribution in [1.82, 2.24) is 5.32 Å². The van der Waals surface area contributed by atoms with Crippen LogP contribution in [-0.4, -0.2) is 11.0 Å². The van der Waals surface area contributed by atoms with Crippen LogP contribution in [0.25, 0.3) is 0 Å². The van der Waals surface area contributed by atoms with Gasteiger partial charge in [-0.15, -0.1) is 0 Å². The van der Waals surface area contributed by atoms with Gasteiger partial charge in [0.1, 0.15) is 6.61 Å². The van der Waals surface area contributed by atoms with Crippen molar-refractivity contribution in [2.24, 2.45) is 0 Å². The molecule has 6 nitrogen and oxygen atoms in total. The topological polar surface area (TPSA) is 81.5 Å². The molecule has 1 aromatic carbocycles. The van der Waals surface area contributed by atoms with E-state index in [0.29, 0.717) is 5.56 Å². The van der Waals surface area contributed by atoms with Crippen molar-refractivity contribution in [2.45, 2.75) is 6.61 Å². The van der Waals surface area contributed by atoms with E-state index < -0.39 is 11.0 Å². The fraction of sp³-hybridized carbons (Fsp3) is 0.111. The van der Waals surface area contributed by atoms with E-state index in [1.807, 2.05) is 5.32 Å². The standard InChI is InChI=1S/C9H9N2O4/c1-10-9(12)15-6-7-3-2-4-8(5-7)11(13)14/h2-5H,1,6H2,(H,10,12). The fourth-order valence-corrected chi connectivity index (χ4v) is 0.960. The van der Waals surface area contributed by atoms with Crippen molar-refractivity contribution in [3.05, 3.63) is 47.0 Å². The van der Waals surface area contributed by atoms with Crippen LogP contribution in [0, 0.1) is 17.2 Å². The van der Waals surface area contributed by atoms with Gasteiger partial charge in [0, 0.05) is 19.2 Å². The Balaban J connectivity index is 2.66. The molecule has 6 heteroatoms. The van der Waals surface area contributed by atoms with Crippen LogP contribution < -0.4 is 5.32 Å². The van der Waals surface area contributed by atoms with Crippen LogP contribution >= 0.6 is 0 Å². The summed E-state index contributed by atoms with van der Waals surface area (Å²) in [5, 5.41) is 12.5. The first-order valence-corrected chi connectivity index (χ1v) is 4.06. The molecule has 15 heavy (non-hydrogen) atoms. The van der Waals surface area contributed by atoms with Crippen LogP contribution in [0.2, 0.25) is 0 Å². The highest BCUT2D eigenvalue weighted by Crippen LogP contribution is 2.13. The minimum atomic E-state index is -0.679. The quantitative estimate of drug-likeness (QED) is 0.605. The number of hydrogen-bond donors (Lipinski definition) is 1. The number of ether oxygens (including phenoxy) is 1. The largest absolute Gasteiger partial charge is 0.445 e. The molecule has 79 valence electrons. The predicted octanol–water partition coefficient (Wildman–Crippen LogP) is 1.61. The number of rotatable bonds is 3. The molecule has 0 aromatic heterocycles. The van der Waals surface area contributed by atoms with Crippen molar-refractivity contribution in [1.29, 1.82) is 0 Å². The summed E-state index contributed by atoms with van der Waals surface area (Å²) in [5.74, 6) is 0. The lowest BCUT2D eigenvalue weighted by Crippen LogP contribution is -2.16. The third kappa shape index (κ3) is 3.26. The van der Waals surface area contributed by atoms with Crippen molar-refractivity contribution in [2.75, 3.05) is 0 Å². The van der Waals surface area contributed by atoms with E-state index >= 15 is 0 Å². The van der Waals surface area contributed by atoms with Gasteiger partial charge in [-0.05, 0) is 5.56 Å². The lowest BCUT2D eigenvalue weighted by atomic mass is 10.2. The van der Waals surface area contributed by atoms with Crippen LogP contribution in [0.3, 0.4) is 0 Å². The van der Waals surface area contributed by atoms with E-state index in [4.69, 9.17) is 0 Å². The van der Waals surface area contributed by atoms with Crippen LogP contribution in [-0.2, 0) is 11.3 Å². The first kappa shape index (κ1) is 11.0. The van der Waals surface area contributed by atoms with Gasteiger partial charge in [-0.2, -0.15) is 0 Å². The fourth-order valence-electron chi connectivity index (χ4n) is 0.960. The lowest BCUT2D eigenvalue weighted by molar-refractivity contribution is -0.384. The Hall–Kier alpha value is -2.11. The van der Waals surface area contributed by atoms with Crippen LogP contribution in [0.4, 0.5) is 10.5 Å². The number of benzene rings is 1. The summed E-state index contributed by atoms with van der Waals surface area (Å²) in [6, 6.07) is 5.86. The molecule has 0 aliphatic heterocycles. The minimum absolute atomic E-state index is 0.0248. The van der Waals surface area contributed by atoms with Crippen molar-refractivity contribution >= 4 is 11.8 Å². The van der Waals surface area contributed by atoms with E-state index in [1.54, 1.807) is 6.07 Å². The maximum atomic E-state index is 10.7. The maximum absolute atomic E-state index is 10.7. The normalized spacial score (nSPS) is 9.40. The van der Waals surface area contributed by atoms with Crippen molar-refractivity contribution < 1.29 is 14.5 Å². The highest BCUT2D eigenvalue weighted by Gasteiger charge is 2.06. The second kappa shape index (κ2) is 4.94. The van der Waals surface area contributed by atoms with Crippen molar-refractivity contribution in [3.8, 4) is 0 Å². The summed E-state index contributed by atoms with van der Waals surface area (Å²) >= 11 is 0. The Morgan fingerprint density at radius 3 is 2.93 bits per heavy atom. The number of non-ortho nitro benzene ring substituents is 1. The van der Waals surface area contributed by atoms with Gasteiger partial charge in [-0.25, -0.2) is 4.79 Å². The van der Waals surface area contributed by atoms with Crippen LogP contribution in [0.15, 0.2) is 24.3 Å². The Kier molecular flexibility index (Phi) is 3.61. The van der Waals surface area contributed by atoms with Gasteiger partial charge < -0.3 is 10.1 Å². The molecule has 0 saturated heterocycles. The molecule has 1 amide bonds. The smallest absolute Gasteiger partial charge is 0.407 e. The molecule has 0 atom stereocenters. The molecule has 0 bridgehead atoms. The summed E-state index contributed by atoms with van der Waals surface area (Å²) in [4.78, 5) is 20.6. The number of nitro groups is 1. The zero-order valence-electron chi connectivity index (χ0n) is 7.80. The maximum Gasteiger partial charge on any atom is 0.407 e. The van der Waals surface area contributed by atoms with Gasteiger partial charge in [0.15, 0.2) is 0 Å². The Labute approximate surface area is 86.0 Å². The second-order valence-corrected chi connectivity index (χ2v) is 2.68. The molecule has 0 aliphatic rings. The molecule has 0 unspecified atom stereocenters. The van der Waals surface area contributed by atoms with E-state index in [2.05, 4.69) is 11.8 Å². The van der Waals surface area contributed by atoms with Gasteiger partial charge in [0.2, 0.25) is 0 Å². The van der Waals surface area contributed by atoms with Gasteiger partial charge in [0.05, 0.1) is 4.92 Å². The molecule has 1 N–H and O–H groups in total. The van der Waals surface area contributed by atoms with Crippen LogP contribution in [0.5, 0.6) is 0 Å². The second-order valence-electron chi connectivity index (χ2n) is 2.68. The summed E-state index contributed by atoms with van der Waals surface area (Å²) < 4.78 is 4.68. The summed E-state index contributed by atoms with van der Waals surface area (Å²) in [6.07, 6.45) is -0.679. The van der Waals surface area contributed by atoms with Crippen LogP contribution in [0.1, 0.15) is 5.56 Å². The van der Waals surface area contributed by atoms with E-state index in [1.165, 1.54) is 18.2 Å². The van der Waals surface area contributed by atoms with E-state index in [-0.39, 0.29) is 12.3 Å². The molecule has 0 aliphatic carbocycles. The number of nitrogens with zero attached hydrogens (tertiary/aromatic N) is 1. The van der Waals surface area contributed by atoms with Crippen molar-refractivity contribution in [3.63, 3.8) is 0 Å². The molecule has 0 saturated carbocycles. The molecule has 1 radical (unpaired) electrons. The number of amides is 1. The number of nitrogens with one attached hydrogen (secondary N) is 1. The zero-order valence-corrected chi connectivity index (χ0v) is 7.80. The Morgan fingerprint density at radius 2 is 2.33 bits per heavy atom. The number of hydrogen-bond acceptors (Lipinski definition) is 4. The van der Waals surface area contributed by atoms with Gasteiger partial charge in [-0.1, -0.05) is 12.1 Å². The SMILES string of the molecule is [CH2]NC(=O)OCc1cccc([N+](=O)[O-])c1. The monoisotopic (exact) mass is 209 g/mol. The number of carbonyl (C=O) groups excluding carboxylic acids is 1. The Morgan fingerprint density at radius 1 is 1.60 bits per heavy atom. The highest BCUT2D eigenvalue weighted by molar-refractivity contribution is 5.67. The lowest BCUT2D eigenvalue weighted by Gasteiger charge is -2.03. The summed E-state index contributed by atoms with van der Waals surface area (Å²) in [7, 11) is 3.11. The predicted molar refractivity (Wildman–Crippen MR) is 51.8 cm³/mol. The minimum Gasteiger partial charge on any atom is -0.445 e. The first-order chi connectivity index (χ1) is 7.13. The molecule has 0 heterocycles. The molecule has 1 aromatic rings. The molecular weight excluding hydrogens is 200 g/mol. The Bertz CT molecular complexity index is 378. The number of nitro benzene ring substituents is 1. The molecular formula is C9H9N2O4. The summed E-state index contributed by atoms with van der Waals surface area (Å²) in [6.45, 7) is -0.0248. The molecule has 0 spiro atoms. The average molecular weight is 209 g/mol. The van der Waals surface area contributed by atoms with Gasteiger partial charge in [-0.3, -0.25) is 10.1 Å². The average Bonchev–Trinajstić information content (AvgIpc) is 2.26. The number of alkyl carbamates (subject to hydrolysis) is 1. The van der Waals surface area contributed by atoms with Gasteiger partial charge >= 0.3 is 6.09 Å². The summed E-state index contributed by atoms with van der Waals surface area (Å²) in [5.41, 5.74) is 0.513. The first-order valence-electron chi connectivity index (χ1n) is 4.06. The van der Waals surface area contributed by atoms with E-state index in [0.717, 1.165) is 0 Å².